The van der Waals surface area contributed by atoms with Crippen LogP contribution in [0.5, 0.6) is 0 Å². The zero-order chi connectivity index (χ0) is 10.7. The number of nitrogens with two attached hydrogens (primary N) is 1. The summed E-state index contributed by atoms with van der Waals surface area (Å²) in [5.41, 5.74) is 8.16. The summed E-state index contributed by atoms with van der Waals surface area (Å²) >= 11 is 0. The predicted octanol–water partition coefficient (Wildman–Crippen LogP) is 1.70. The van der Waals surface area contributed by atoms with Gasteiger partial charge in [0.05, 0.1) is 6.54 Å². The van der Waals surface area contributed by atoms with Gasteiger partial charge in [-0.3, -0.25) is 0 Å². The second kappa shape index (κ2) is 4.28. The molecule has 0 saturated carbocycles. The lowest BCUT2D eigenvalue weighted by atomic mass is 10.1. The Morgan fingerprint density at radius 2 is 2.27 bits per heavy atom. The Morgan fingerprint density at radius 3 is 3.00 bits per heavy atom. The van der Waals surface area contributed by atoms with E-state index in [1.807, 2.05) is 6.20 Å². The lowest BCUT2D eigenvalue weighted by Crippen LogP contribution is -2.08. The first-order valence-corrected chi connectivity index (χ1v) is 5.05. The maximum Gasteiger partial charge on any atom is 0.122 e. The molecule has 78 valence electrons. The molecule has 2 N–H and O–H groups in total. The summed E-state index contributed by atoms with van der Waals surface area (Å²) in [7, 11) is 0. The van der Waals surface area contributed by atoms with Crippen molar-refractivity contribution in [1.29, 1.82) is 0 Å². The summed E-state index contributed by atoms with van der Waals surface area (Å²) in [5, 5.41) is 0. The van der Waals surface area contributed by atoms with E-state index in [1.54, 1.807) is 6.20 Å². The maximum absolute atomic E-state index is 5.60. The van der Waals surface area contributed by atoms with Crippen molar-refractivity contribution in [1.82, 2.24) is 9.55 Å². The minimum atomic E-state index is 0.485. The van der Waals surface area contributed by atoms with Crippen LogP contribution in [0, 0.1) is 6.92 Å². The van der Waals surface area contributed by atoms with E-state index in [9.17, 15) is 0 Å². The van der Waals surface area contributed by atoms with Gasteiger partial charge in [0.15, 0.2) is 0 Å². The molecular formula is C12H15N3. The first-order valence-electron chi connectivity index (χ1n) is 5.05. The standard InChI is InChI=1S/C12H15N3/c1-10-3-2-4-11(7-10)9-15-6-5-14-12(15)8-13/h2-7H,8-9,13H2,1H3. The average Bonchev–Trinajstić information content (AvgIpc) is 2.65. The largest absolute Gasteiger partial charge is 0.329 e. The fourth-order valence-electron chi connectivity index (χ4n) is 1.68. The monoisotopic (exact) mass is 201 g/mol. The van der Waals surface area contributed by atoms with Crippen molar-refractivity contribution >= 4 is 0 Å². The van der Waals surface area contributed by atoms with E-state index < -0.39 is 0 Å². The van der Waals surface area contributed by atoms with Crippen LogP contribution in [0.25, 0.3) is 0 Å². The van der Waals surface area contributed by atoms with Crippen LogP contribution in [0.3, 0.4) is 0 Å². The van der Waals surface area contributed by atoms with E-state index >= 15 is 0 Å². The zero-order valence-corrected chi connectivity index (χ0v) is 8.85. The molecule has 0 fully saturated rings. The molecule has 0 aliphatic carbocycles. The van der Waals surface area contributed by atoms with Crippen LogP contribution in [-0.2, 0) is 13.1 Å². The molecular weight excluding hydrogens is 186 g/mol. The Morgan fingerprint density at radius 1 is 1.40 bits per heavy atom. The van der Waals surface area contributed by atoms with Gasteiger partial charge in [-0.15, -0.1) is 0 Å². The average molecular weight is 201 g/mol. The molecule has 1 heterocycles. The van der Waals surface area contributed by atoms with Crippen LogP contribution in [0.1, 0.15) is 17.0 Å². The Labute approximate surface area is 89.6 Å². The van der Waals surface area contributed by atoms with Gasteiger partial charge < -0.3 is 10.3 Å². The van der Waals surface area contributed by atoms with Gasteiger partial charge in [0.1, 0.15) is 5.82 Å². The third kappa shape index (κ3) is 2.25. The molecule has 3 nitrogen and oxygen atoms in total. The molecule has 0 aliphatic rings. The zero-order valence-electron chi connectivity index (χ0n) is 8.85. The highest BCUT2D eigenvalue weighted by atomic mass is 15.1. The smallest absolute Gasteiger partial charge is 0.122 e. The summed E-state index contributed by atoms with van der Waals surface area (Å²) in [4.78, 5) is 4.19. The number of hydrogen-bond acceptors (Lipinski definition) is 2. The van der Waals surface area contributed by atoms with Gasteiger partial charge in [-0.05, 0) is 12.5 Å². The molecule has 1 aromatic carbocycles. The third-order valence-electron chi connectivity index (χ3n) is 2.42. The molecule has 2 aromatic rings. The first-order chi connectivity index (χ1) is 7.29. The van der Waals surface area contributed by atoms with Gasteiger partial charge in [0.2, 0.25) is 0 Å². The Kier molecular flexibility index (Phi) is 2.83. The van der Waals surface area contributed by atoms with E-state index in [0.717, 1.165) is 12.4 Å². The van der Waals surface area contributed by atoms with Crippen LogP contribution in [0.4, 0.5) is 0 Å². The van der Waals surface area contributed by atoms with E-state index in [1.165, 1.54) is 11.1 Å². The van der Waals surface area contributed by atoms with Gasteiger partial charge in [0, 0.05) is 18.9 Å². The van der Waals surface area contributed by atoms with Crippen molar-refractivity contribution < 1.29 is 0 Å². The van der Waals surface area contributed by atoms with Crippen molar-refractivity contribution in [2.24, 2.45) is 5.73 Å². The summed E-state index contributed by atoms with van der Waals surface area (Å²) in [6.45, 7) is 3.42. The molecule has 0 atom stereocenters. The Balaban J connectivity index is 2.22. The number of aromatic nitrogens is 2. The Bertz CT molecular complexity index is 446. The van der Waals surface area contributed by atoms with E-state index in [0.29, 0.717) is 6.54 Å². The van der Waals surface area contributed by atoms with Gasteiger partial charge in [-0.25, -0.2) is 4.98 Å². The fraction of sp³-hybridized carbons (Fsp3) is 0.250. The second-order valence-corrected chi connectivity index (χ2v) is 3.66. The molecule has 0 radical (unpaired) electrons. The summed E-state index contributed by atoms with van der Waals surface area (Å²) in [6.07, 6.45) is 3.75. The quantitative estimate of drug-likeness (QED) is 0.821. The van der Waals surface area contributed by atoms with Crippen molar-refractivity contribution in [2.75, 3.05) is 0 Å². The number of imidazole rings is 1. The first kappa shape index (κ1) is 9.93. The van der Waals surface area contributed by atoms with E-state index in [2.05, 4.69) is 40.7 Å². The normalized spacial score (nSPS) is 10.5. The van der Waals surface area contributed by atoms with Crippen LogP contribution in [-0.4, -0.2) is 9.55 Å². The minimum absolute atomic E-state index is 0.485. The highest BCUT2D eigenvalue weighted by Crippen LogP contribution is 2.07. The van der Waals surface area contributed by atoms with Gasteiger partial charge in [0.25, 0.3) is 0 Å². The van der Waals surface area contributed by atoms with E-state index in [-0.39, 0.29) is 0 Å². The number of hydrogen-bond donors (Lipinski definition) is 1. The SMILES string of the molecule is Cc1cccc(Cn2ccnc2CN)c1. The molecule has 0 aliphatic heterocycles. The molecule has 0 bridgehead atoms. The van der Waals surface area contributed by atoms with Gasteiger partial charge in [-0.1, -0.05) is 29.8 Å². The van der Waals surface area contributed by atoms with Crippen molar-refractivity contribution in [3.63, 3.8) is 0 Å². The predicted molar refractivity (Wildman–Crippen MR) is 60.4 cm³/mol. The Hall–Kier alpha value is -1.61. The van der Waals surface area contributed by atoms with Crippen LogP contribution < -0.4 is 5.73 Å². The fourth-order valence-corrected chi connectivity index (χ4v) is 1.68. The van der Waals surface area contributed by atoms with Crippen molar-refractivity contribution in [3.8, 4) is 0 Å². The molecule has 0 unspecified atom stereocenters. The topological polar surface area (TPSA) is 43.8 Å². The van der Waals surface area contributed by atoms with Gasteiger partial charge >= 0.3 is 0 Å². The molecule has 0 spiro atoms. The number of rotatable bonds is 3. The van der Waals surface area contributed by atoms with Crippen molar-refractivity contribution in [3.05, 3.63) is 53.6 Å². The maximum atomic E-state index is 5.60. The number of nitrogens with zero attached hydrogens (tertiary/aromatic N) is 2. The van der Waals surface area contributed by atoms with Crippen LogP contribution in [0.15, 0.2) is 36.7 Å². The molecule has 0 amide bonds. The summed E-state index contributed by atoms with van der Waals surface area (Å²) in [5.74, 6) is 0.927. The van der Waals surface area contributed by atoms with Crippen LogP contribution in [0.2, 0.25) is 0 Å². The summed E-state index contributed by atoms with van der Waals surface area (Å²) < 4.78 is 2.08. The molecule has 1 aromatic heterocycles. The molecule has 15 heavy (non-hydrogen) atoms. The second-order valence-electron chi connectivity index (χ2n) is 3.66. The lowest BCUT2D eigenvalue weighted by Gasteiger charge is -2.06. The lowest BCUT2D eigenvalue weighted by molar-refractivity contribution is 0.724. The molecule has 0 saturated heterocycles. The summed E-state index contributed by atoms with van der Waals surface area (Å²) in [6, 6.07) is 8.47. The number of benzene rings is 1. The molecule has 3 heteroatoms. The highest BCUT2D eigenvalue weighted by Gasteiger charge is 2.00. The number of aryl methyl sites for hydroxylation is 1. The minimum Gasteiger partial charge on any atom is -0.329 e. The third-order valence-corrected chi connectivity index (χ3v) is 2.42. The molecule has 2 rings (SSSR count). The highest BCUT2D eigenvalue weighted by molar-refractivity contribution is 5.22. The van der Waals surface area contributed by atoms with Gasteiger partial charge in [-0.2, -0.15) is 0 Å². The van der Waals surface area contributed by atoms with E-state index in [4.69, 9.17) is 5.73 Å². The van der Waals surface area contributed by atoms with Crippen molar-refractivity contribution in [2.45, 2.75) is 20.0 Å². The van der Waals surface area contributed by atoms with Crippen LogP contribution >= 0.6 is 0 Å².